The van der Waals surface area contributed by atoms with Crippen molar-refractivity contribution in [3.8, 4) is 0 Å². The molecule has 31 heavy (non-hydrogen) atoms. The summed E-state index contributed by atoms with van der Waals surface area (Å²) in [5.74, 6) is 0.150. The number of hydrogen-bond acceptors (Lipinski definition) is 3. The first-order chi connectivity index (χ1) is 14.9. The number of aromatic nitrogens is 1. The summed E-state index contributed by atoms with van der Waals surface area (Å²) in [5, 5.41) is 0. The molecule has 2 aromatic rings. The molecule has 0 unspecified atom stereocenters. The molecule has 3 aliphatic rings. The molecule has 162 valence electrons. The highest BCUT2D eigenvalue weighted by atomic mass is 16.2. The lowest BCUT2D eigenvalue weighted by Gasteiger charge is -2.52. The van der Waals surface area contributed by atoms with Gasteiger partial charge in [-0.1, -0.05) is 43.3 Å². The van der Waals surface area contributed by atoms with Crippen molar-refractivity contribution in [1.82, 2.24) is 14.8 Å². The molecule has 0 N–H and O–H groups in total. The summed E-state index contributed by atoms with van der Waals surface area (Å²) >= 11 is 0. The van der Waals surface area contributed by atoms with Crippen molar-refractivity contribution in [3.05, 3.63) is 65.5 Å². The number of aryl methyl sites for hydroxylation is 1. The molecule has 2 amide bonds. The number of amides is 2. The van der Waals surface area contributed by atoms with E-state index in [0.29, 0.717) is 5.69 Å². The molecule has 1 aromatic heterocycles. The largest absolute Gasteiger partial charge is 0.334 e. The summed E-state index contributed by atoms with van der Waals surface area (Å²) in [4.78, 5) is 35.6. The van der Waals surface area contributed by atoms with E-state index in [-0.39, 0.29) is 41.4 Å². The lowest BCUT2D eigenvalue weighted by molar-refractivity contribution is -0.133. The number of carbonyl (C=O) groups is 2. The van der Waals surface area contributed by atoms with Crippen LogP contribution < -0.4 is 0 Å². The Morgan fingerprint density at radius 1 is 1.03 bits per heavy atom. The maximum absolute atomic E-state index is 14.0. The van der Waals surface area contributed by atoms with Crippen LogP contribution in [0.3, 0.4) is 0 Å². The van der Waals surface area contributed by atoms with E-state index in [1.54, 1.807) is 6.92 Å². The summed E-state index contributed by atoms with van der Waals surface area (Å²) < 4.78 is 0. The number of carbonyl (C=O) groups excluding carboxylic acids is 2. The average Bonchev–Trinajstić information content (AvgIpc) is 3.07. The first kappa shape index (κ1) is 20.2. The van der Waals surface area contributed by atoms with Crippen LogP contribution in [0.4, 0.5) is 0 Å². The van der Waals surface area contributed by atoms with Gasteiger partial charge in [-0.25, -0.2) is 4.98 Å². The molecule has 3 heterocycles. The van der Waals surface area contributed by atoms with Gasteiger partial charge in [0.15, 0.2) is 0 Å². The molecule has 0 spiro atoms. The zero-order valence-electron chi connectivity index (χ0n) is 18.6. The van der Waals surface area contributed by atoms with Gasteiger partial charge < -0.3 is 9.80 Å². The smallest absolute Gasteiger partial charge is 0.273 e. The van der Waals surface area contributed by atoms with Crippen molar-refractivity contribution in [2.75, 3.05) is 0 Å². The molecule has 0 radical (unpaired) electrons. The van der Waals surface area contributed by atoms with Gasteiger partial charge in [-0.3, -0.25) is 9.59 Å². The van der Waals surface area contributed by atoms with E-state index in [9.17, 15) is 9.59 Å². The number of benzene rings is 1. The third-order valence-corrected chi connectivity index (χ3v) is 7.95. The highest BCUT2D eigenvalue weighted by Crippen LogP contribution is 2.56. The molecule has 5 nitrogen and oxygen atoms in total. The van der Waals surface area contributed by atoms with Gasteiger partial charge in [0, 0.05) is 30.1 Å². The zero-order valence-corrected chi connectivity index (χ0v) is 18.6. The maximum Gasteiger partial charge on any atom is 0.273 e. The number of pyridine rings is 1. The third kappa shape index (κ3) is 3.17. The summed E-state index contributed by atoms with van der Waals surface area (Å²) in [6.07, 6.45) is 4.81. The molecule has 1 aromatic carbocycles. The highest BCUT2D eigenvalue weighted by molar-refractivity contribution is 5.93. The van der Waals surface area contributed by atoms with Gasteiger partial charge in [-0.15, -0.1) is 0 Å². The molecule has 5 rings (SSSR count). The van der Waals surface area contributed by atoms with Crippen molar-refractivity contribution < 1.29 is 9.59 Å². The minimum Gasteiger partial charge on any atom is -0.334 e. The van der Waals surface area contributed by atoms with E-state index in [1.807, 2.05) is 43.3 Å². The van der Waals surface area contributed by atoms with Gasteiger partial charge in [0.25, 0.3) is 5.91 Å². The van der Waals surface area contributed by atoms with Gasteiger partial charge in [-0.2, -0.15) is 0 Å². The molecule has 1 aliphatic carbocycles. The van der Waals surface area contributed by atoms with E-state index in [2.05, 4.69) is 33.8 Å². The maximum atomic E-state index is 14.0. The van der Waals surface area contributed by atoms with Crippen molar-refractivity contribution in [2.24, 2.45) is 5.41 Å². The van der Waals surface area contributed by atoms with Crippen LogP contribution in [0.2, 0.25) is 0 Å². The number of hydrogen-bond donors (Lipinski definition) is 0. The monoisotopic (exact) mass is 417 g/mol. The molecule has 1 saturated carbocycles. The Kier molecular flexibility index (Phi) is 4.87. The van der Waals surface area contributed by atoms with Crippen LogP contribution in [0.5, 0.6) is 0 Å². The van der Waals surface area contributed by atoms with Crippen LogP contribution in [-0.4, -0.2) is 50.8 Å². The number of likely N-dealkylation sites (tertiary alicyclic amines) is 2. The normalized spacial score (nSPS) is 31.6. The molecule has 2 aliphatic heterocycles. The Morgan fingerprint density at radius 2 is 1.74 bits per heavy atom. The van der Waals surface area contributed by atoms with Crippen LogP contribution in [0.15, 0.2) is 48.5 Å². The molecule has 2 bridgehead atoms. The first-order valence-corrected chi connectivity index (χ1v) is 11.5. The average molecular weight is 418 g/mol. The van der Waals surface area contributed by atoms with E-state index in [0.717, 1.165) is 37.8 Å². The van der Waals surface area contributed by atoms with Crippen LogP contribution in [-0.2, 0) is 11.2 Å². The second kappa shape index (κ2) is 7.47. The number of rotatable bonds is 3. The SMILES string of the molecule is CC(=O)N1[C@H]2CCC[C@H]3N(C(=O)c4cccc(C)n4)[C@H](Cc4ccccc4)[C@@H]1C[C@@]23C. The third-order valence-electron chi connectivity index (χ3n) is 7.95. The zero-order chi connectivity index (χ0) is 21.8. The Balaban J connectivity index is 1.62. The summed E-state index contributed by atoms with van der Waals surface area (Å²) in [6, 6.07) is 16.4. The van der Waals surface area contributed by atoms with Crippen molar-refractivity contribution in [1.29, 1.82) is 0 Å². The van der Waals surface area contributed by atoms with E-state index in [1.165, 1.54) is 5.56 Å². The molecule has 2 saturated heterocycles. The van der Waals surface area contributed by atoms with Crippen LogP contribution in [0.25, 0.3) is 0 Å². The number of fused-ring (bicyclic) bond motifs is 1. The quantitative estimate of drug-likeness (QED) is 0.758. The van der Waals surface area contributed by atoms with Crippen LogP contribution in [0, 0.1) is 12.3 Å². The van der Waals surface area contributed by atoms with Crippen LogP contribution in [0.1, 0.15) is 61.3 Å². The van der Waals surface area contributed by atoms with Gasteiger partial charge in [0.1, 0.15) is 5.69 Å². The highest BCUT2D eigenvalue weighted by Gasteiger charge is 2.64. The predicted molar refractivity (Wildman–Crippen MR) is 120 cm³/mol. The fourth-order valence-corrected chi connectivity index (χ4v) is 6.72. The van der Waals surface area contributed by atoms with Crippen molar-refractivity contribution in [3.63, 3.8) is 0 Å². The number of piperidine rings is 1. The fraction of sp³-hybridized carbons (Fsp3) is 0.500. The molecule has 5 heteroatoms. The lowest BCUT2D eigenvalue weighted by atomic mass is 9.64. The summed E-state index contributed by atoms with van der Waals surface area (Å²) in [6.45, 7) is 5.93. The second-order valence-electron chi connectivity index (χ2n) is 9.80. The summed E-state index contributed by atoms with van der Waals surface area (Å²) in [7, 11) is 0. The Bertz CT molecular complexity index is 1010. The van der Waals surface area contributed by atoms with Crippen LogP contribution >= 0.6 is 0 Å². The predicted octanol–water partition coefficient (Wildman–Crippen LogP) is 4.01. The minimum atomic E-state index is -0.0543. The van der Waals surface area contributed by atoms with Gasteiger partial charge >= 0.3 is 0 Å². The van der Waals surface area contributed by atoms with Crippen molar-refractivity contribution >= 4 is 11.8 Å². The topological polar surface area (TPSA) is 53.5 Å². The second-order valence-corrected chi connectivity index (χ2v) is 9.80. The molecular formula is C26H31N3O2. The standard InChI is InChI=1S/C26H31N3O2/c1-17-9-7-12-20(27-17)25(31)29-21(15-19-10-5-4-6-11-19)22-16-26(3)23(28(22)18(2)30)13-8-14-24(26)29/h4-7,9-12,21-24H,8,13-16H2,1-3H3/t21-,22+,23+,24-,26+/m1/s1. The minimum absolute atomic E-state index is 0.0107. The van der Waals surface area contributed by atoms with Gasteiger partial charge in [-0.05, 0) is 56.7 Å². The fourth-order valence-electron chi connectivity index (χ4n) is 6.72. The lowest BCUT2D eigenvalue weighted by Crippen LogP contribution is -2.62. The molecule has 5 atom stereocenters. The number of nitrogens with zero attached hydrogens (tertiary/aromatic N) is 3. The van der Waals surface area contributed by atoms with Gasteiger partial charge in [0.05, 0.1) is 12.1 Å². The summed E-state index contributed by atoms with van der Waals surface area (Å²) in [5.41, 5.74) is 2.51. The van der Waals surface area contributed by atoms with Gasteiger partial charge in [0.2, 0.25) is 5.91 Å². The Hall–Kier alpha value is -2.69. The molecular weight excluding hydrogens is 386 g/mol. The Morgan fingerprint density at radius 3 is 2.42 bits per heavy atom. The first-order valence-electron chi connectivity index (χ1n) is 11.5. The van der Waals surface area contributed by atoms with E-state index < -0.39 is 0 Å². The Labute approximate surface area is 184 Å². The van der Waals surface area contributed by atoms with Crippen molar-refractivity contribution in [2.45, 2.75) is 77.0 Å². The van der Waals surface area contributed by atoms with E-state index >= 15 is 0 Å². The molecule has 3 fully saturated rings. The van der Waals surface area contributed by atoms with E-state index in [4.69, 9.17) is 0 Å².